The van der Waals surface area contributed by atoms with Gasteiger partial charge in [-0.3, -0.25) is 4.98 Å². The van der Waals surface area contributed by atoms with Gasteiger partial charge in [-0.05, 0) is 24.6 Å². The zero-order chi connectivity index (χ0) is 14.9. The van der Waals surface area contributed by atoms with E-state index >= 15 is 0 Å². The van der Waals surface area contributed by atoms with Gasteiger partial charge in [-0.25, -0.2) is 0 Å². The largest absolute Gasteiger partial charge is 0.389 e. The molecule has 1 unspecified atom stereocenters. The first-order valence-electron chi connectivity index (χ1n) is 7.20. The molecule has 2 aromatic rings. The molecule has 2 atom stereocenters. The van der Waals surface area contributed by atoms with Crippen LogP contribution in [-0.2, 0) is 11.3 Å². The summed E-state index contributed by atoms with van der Waals surface area (Å²) in [6.45, 7) is 3.34. The number of aromatic nitrogens is 1. The Morgan fingerprint density at radius 2 is 1.90 bits per heavy atom. The van der Waals surface area contributed by atoms with Crippen LogP contribution in [0.15, 0.2) is 54.7 Å². The van der Waals surface area contributed by atoms with Crippen molar-refractivity contribution in [3.63, 3.8) is 0 Å². The van der Waals surface area contributed by atoms with E-state index in [2.05, 4.69) is 10.3 Å². The third-order valence-electron chi connectivity index (χ3n) is 3.21. The van der Waals surface area contributed by atoms with E-state index in [4.69, 9.17) is 4.74 Å². The van der Waals surface area contributed by atoms with Gasteiger partial charge in [-0.2, -0.15) is 0 Å². The smallest absolute Gasteiger partial charge is 0.0898 e. The molecule has 0 aliphatic carbocycles. The minimum atomic E-state index is -0.528. The summed E-state index contributed by atoms with van der Waals surface area (Å²) >= 11 is 0. The number of nitrogens with zero attached hydrogens (tertiary/aromatic N) is 1. The summed E-state index contributed by atoms with van der Waals surface area (Å²) in [6, 6.07) is 15.9. The lowest BCUT2D eigenvalue weighted by Gasteiger charge is -2.17. The molecule has 4 heteroatoms. The van der Waals surface area contributed by atoms with Gasteiger partial charge in [0.25, 0.3) is 0 Å². The van der Waals surface area contributed by atoms with Gasteiger partial charge in [0.05, 0.1) is 25.0 Å². The maximum atomic E-state index is 9.92. The van der Waals surface area contributed by atoms with E-state index in [1.54, 1.807) is 6.20 Å². The second kappa shape index (κ2) is 8.52. The highest BCUT2D eigenvalue weighted by Crippen LogP contribution is 2.07. The van der Waals surface area contributed by atoms with E-state index < -0.39 is 6.10 Å². The maximum Gasteiger partial charge on any atom is 0.0898 e. The maximum absolute atomic E-state index is 9.92. The number of hydrogen-bond acceptors (Lipinski definition) is 4. The fraction of sp³-hybridized carbons (Fsp3) is 0.353. The van der Waals surface area contributed by atoms with E-state index in [-0.39, 0.29) is 6.04 Å². The second-order valence-electron chi connectivity index (χ2n) is 5.04. The van der Waals surface area contributed by atoms with Crippen molar-refractivity contribution >= 4 is 0 Å². The molecule has 2 rings (SSSR count). The van der Waals surface area contributed by atoms with Crippen molar-refractivity contribution in [2.45, 2.75) is 25.7 Å². The average molecular weight is 286 g/mol. The molecule has 2 N–H and O–H groups in total. The van der Waals surface area contributed by atoms with Crippen LogP contribution in [0, 0.1) is 0 Å². The van der Waals surface area contributed by atoms with Crippen LogP contribution in [0.25, 0.3) is 0 Å². The first-order valence-corrected chi connectivity index (χ1v) is 7.20. The Kier molecular flexibility index (Phi) is 6.34. The van der Waals surface area contributed by atoms with E-state index in [0.29, 0.717) is 19.8 Å². The number of benzene rings is 1. The van der Waals surface area contributed by atoms with Crippen LogP contribution in [0.1, 0.15) is 24.2 Å². The minimum absolute atomic E-state index is 0.106. The van der Waals surface area contributed by atoms with Crippen LogP contribution in [0.5, 0.6) is 0 Å². The quantitative estimate of drug-likeness (QED) is 0.782. The lowest BCUT2D eigenvalue weighted by molar-refractivity contribution is 0.0278. The van der Waals surface area contributed by atoms with Gasteiger partial charge in [0.2, 0.25) is 0 Å². The van der Waals surface area contributed by atoms with E-state index in [1.807, 2.05) is 55.5 Å². The van der Waals surface area contributed by atoms with Crippen molar-refractivity contribution < 1.29 is 9.84 Å². The molecular formula is C17H22N2O2. The number of aliphatic hydroxyl groups excluding tert-OH is 1. The molecule has 0 spiro atoms. The topological polar surface area (TPSA) is 54.4 Å². The van der Waals surface area contributed by atoms with Gasteiger partial charge in [0.1, 0.15) is 0 Å². The van der Waals surface area contributed by atoms with Crippen LogP contribution >= 0.6 is 0 Å². The monoisotopic (exact) mass is 286 g/mol. The highest BCUT2D eigenvalue weighted by Gasteiger charge is 2.09. The molecule has 0 fully saturated rings. The summed E-state index contributed by atoms with van der Waals surface area (Å²) in [7, 11) is 0. The Balaban J connectivity index is 1.64. The highest BCUT2D eigenvalue weighted by molar-refractivity contribution is 5.13. The molecular weight excluding hydrogens is 264 g/mol. The van der Waals surface area contributed by atoms with Crippen LogP contribution in [0.3, 0.4) is 0 Å². The number of rotatable bonds is 8. The number of ether oxygens (including phenoxy) is 1. The predicted octanol–water partition coefficient (Wildman–Crippen LogP) is 2.31. The van der Waals surface area contributed by atoms with Crippen molar-refractivity contribution in [2.75, 3.05) is 13.2 Å². The summed E-state index contributed by atoms with van der Waals surface area (Å²) in [5.74, 6) is 0. The van der Waals surface area contributed by atoms with Crippen LogP contribution in [0.4, 0.5) is 0 Å². The molecule has 1 heterocycles. The third-order valence-corrected chi connectivity index (χ3v) is 3.21. The molecule has 0 amide bonds. The molecule has 112 valence electrons. The molecule has 0 aliphatic heterocycles. The van der Waals surface area contributed by atoms with Gasteiger partial charge < -0.3 is 15.2 Å². The summed E-state index contributed by atoms with van der Waals surface area (Å²) in [4.78, 5) is 4.28. The third kappa shape index (κ3) is 5.63. The zero-order valence-corrected chi connectivity index (χ0v) is 12.3. The van der Waals surface area contributed by atoms with Crippen molar-refractivity contribution in [1.82, 2.24) is 10.3 Å². The van der Waals surface area contributed by atoms with Crippen molar-refractivity contribution in [2.24, 2.45) is 0 Å². The second-order valence-corrected chi connectivity index (χ2v) is 5.04. The normalized spacial score (nSPS) is 13.8. The Hall–Kier alpha value is -1.75. The lowest BCUT2D eigenvalue weighted by Crippen LogP contribution is -2.32. The Morgan fingerprint density at radius 3 is 2.62 bits per heavy atom. The van der Waals surface area contributed by atoms with Gasteiger partial charge in [0.15, 0.2) is 0 Å². The predicted molar refractivity (Wildman–Crippen MR) is 82.8 cm³/mol. The Bertz CT molecular complexity index is 505. The molecule has 4 nitrogen and oxygen atoms in total. The molecule has 0 saturated carbocycles. The van der Waals surface area contributed by atoms with E-state index in [0.717, 1.165) is 11.3 Å². The van der Waals surface area contributed by atoms with Crippen molar-refractivity contribution in [3.05, 3.63) is 66.0 Å². The van der Waals surface area contributed by atoms with Gasteiger partial charge in [0, 0.05) is 18.8 Å². The molecule has 1 aromatic carbocycles. The SMILES string of the molecule is C[C@@H](NCC(O)COCc1ccccc1)c1ccccn1. The summed E-state index contributed by atoms with van der Waals surface area (Å²) < 4.78 is 5.51. The number of pyridine rings is 1. The van der Waals surface area contributed by atoms with Crippen LogP contribution in [0.2, 0.25) is 0 Å². The molecule has 0 saturated heterocycles. The highest BCUT2D eigenvalue weighted by atomic mass is 16.5. The fourth-order valence-corrected chi connectivity index (χ4v) is 2.00. The minimum Gasteiger partial charge on any atom is -0.389 e. The molecule has 0 aliphatic rings. The standard InChI is InChI=1S/C17H22N2O2/c1-14(17-9-5-6-10-18-17)19-11-16(20)13-21-12-15-7-3-2-4-8-15/h2-10,14,16,19-20H,11-13H2,1H3/t14-,16?/m1/s1. The van der Waals surface area contributed by atoms with Crippen LogP contribution in [-0.4, -0.2) is 29.3 Å². The number of hydrogen-bond donors (Lipinski definition) is 2. The summed E-state index contributed by atoms with van der Waals surface area (Å²) in [5, 5.41) is 13.2. The zero-order valence-electron chi connectivity index (χ0n) is 12.3. The van der Waals surface area contributed by atoms with E-state index in [9.17, 15) is 5.11 Å². The van der Waals surface area contributed by atoms with E-state index in [1.165, 1.54) is 0 Å². The number of aliphatic hydroxyl groups is 1. The first kappa shape index (κ1) is 15.6. The summed E-state index contributed by atoms with van der Waals surface area (Å²) in [6.07, 6.45) is 1.24. The summed E-state index contributed by atoms with van der Waals surface area (Å²) in [5.41, 5.74) is 2.08. The molecule has 1 aromatic heterocycles. The Morgan fingerprint density at radius 1 is 1.14 bits per heavy atom. The lowest BCUT2D eigenvalue weighted by atomic mass is 10.2. The molecule has 0 bridgehead atoms. The average Bonchev–Trinajstić information content (AvgIpc) is 2.54. The van der Waals surface area contributed by atoms with Gasteiger partial charge in [-0.15, -0.1) is 0 Å². The van der Waals surface area contributed by atoms with Gasteiger partial charge >= 0.3 is 0 Å². The van der Waals surface area contributed by atoms with Gasteiger partial charge in [-0.1, -0.05) is 36.4 Å². The fourth-order valence-electron chi connectivity index (χ4n) is 2.00. The van der Waals surface area contributed by atoms with Crippen molar-refractivity contribution in [1.29, 1.82) is 0 Å². The van der Waals surface area contributed by atoms with Crippen LogP contribution < -0.4 is 5.32 Å². The number of nitrogens with one attached hydrogen (secondary N) is 1. The Labute approximate surface area is 125 Å². The molecule has 0 radical (unpaired) electrons. The molecule has 21 heavy (non-hydrogen) atoms. The van der Waals surface area contributed by atoms with Crippen molar-refractivity contribution in [3.8, 4) is 0 Å². The first-order chi connectivity index (χ1) is 10.3.